The molecular formula is C12H11Cl2N3O. The van der Waals surface area contributed by atoms with Gasteiger partial charge in [-0.2, -0.15) is 5.26 Å². The van der Waals surface area contributed by atoms with E-state index in [-0.39, 0.29) is 5.92 Å². The molecule has 2 N–H and O–H groups in total. The molecule has 0 radical (unpaired) electrons. The van der Waals surface area contributed by atoms with E-state index < -0.39 is 12.1 Å². The van der Waals surface area contributed by atoms with Crippen LogP contribution < -0.4 is 10.6 Å². The van der Waals surface area contributed by atoms with E-state index >= 15 is 0 Å². The number of nitriles is 1. The van der Waals surface area contributed by atoms with Gasteiger partial charge in [-0.3, -0.25) is 0 Å². The normalized spacial score (nSPS) is 15.6. The number of halogens is 2. The maximum absolute atomic E-state index is 11.7. The van der Waals surface area contributed by atoms with Gasteiger partial charge in [0.05, 0.1) is 16.1 Å². The summed E-state index contributed by atoms with van der Waals surface area (Å²) in [5, 5.41) is 14.9. The first-order valence-electron chi connectivity index (χ1n) is 5.52. The molecule has 0 aliphatic heterocycles. The number of amides is 2. The summed E-state index contributed by atoms with van der Waals surface area (Å²) in [4.78, 5) is 11.7. The summed E-state index contributed by atoms with van der Waals surface area (Å²) in [6.45, 7) is 0. The lowest BCUT2D eigenvalue weighted by atomic mass is 10.2. The summed E-state index contributed by atoms with van der Waals surface area (Å²) in [5.74, 6) is 0.287. The Kier molecular flexibility index (Phi) is 3.95. The molecule has 2 amide bonds. The van der Waals surface area contributed by atoms with Gasteiger partial charge in [-0.25, -0.2) is 4.79 Å². The fraction of sp³-hybridized carbons (Fsp3) is 0.333. The number of hydrogen-bond acceptors (Lipinski definition) is 2. The van der Waals surface area contributed by atoms with Crippen molar-refractivity contribution in [3.05, 3.63) is 28.2 Å². The Labute approximate surface area is 115 Å². The van der Waals surface area contributed by atoms with Gasteiger partial charge >= 0.3 is 6.03 Å². The second kappa shape index (κ2) is 5.47. The van der Waals surface area contributed by atoms with Crippen LogP contribution in [0.25, 0.3) is 0 Å². The van der Waals surface area contributed by atoms with Crippen molar-refractivity contribution in [3.8, 4) is 6.07 Å². The van der Waals surface area contributed by atoms with Crippen molar-refractivity contribution in [3.63, 3.8) is 0 Å². The van der Waals surface area contributed by atoms with Crippen molar-refractivity contribution in [2.75, 3.05) is 5.32 Å². The van der Waals surface area contributed by atoms with Gasteiger partial charge in [0.2, 0.25) is 0 Å². The number of anilines is 1. The molecule has 1 saturated carbocycles. The minimum Gasteiger partial charge on any atom is -0.322 e. The van der Waals surface area contributed by atoms with Gasteiger partial charge in [0, 0.05) is 5.69 Å². The summed E-state index contributed by atoms with van der Waals surface area (Å²) >= 11 is 11.6. The summed E-state index contributed by atoms with van der Waals surface area (Å²) in [6.07, 6.45) is 1.98. The Balaban J connectivity index is 1.94. The van der Waals surface area contributed by atoms with Crippen molar-refractivity contribution in [2.45, 2.75) is 18.9 Å². The predicted molar refractivity (Wildman–Crippen MR) is 70.7 cm³/mol. The molecule has 0 bridgehead atoms. The molecule has 4 nitrogen and oxygen atoms in total. The fourth-order valence-corrected chi connectivity index (χ4v) is 1.87. The van der Waals surface area contributed by atoms with Crippen LogP contribution in [-0.2, 0) is 0 Å². The third-order valence-electron chi connectivity index (χ3n) is 2.70. The van der Waals surface area contributed by atoms with Gasteiger partial charge in [-0.1, -0.05) is 23.2 Å². The van der Waals surface area contributed by atoms with Crippen molar-refractivity contribution in [1.29, 1.82) is 5.26 Å². The van der Waals surface area contributed by atoms with Gasteiger partial charge < -0.3 is 10.6 Å². The van der Waals surface area contributed by atoms with E-state index in [9.17, 15) is 4.79 Å². The standard InChI is InChI=1S/C12H11Cl2N3O/c13-9-4-3-8(5-10(9)14)16-12(18)17-11(6-15)7-1-2-7/h3-5,7,11H,1-2H2,(H2,16,17,18). The van der Waals surface area contributed by atoms with Gasteiger partial charge in [-0.15, -0.1) is 0 Å². The number of hydrogen-bond donors (Lipinski definition) is 2. The second-order valence-electron chi connectivity index (χ2n) is 4.17. The number of benzene rings is 1. The molecule has 94 valence electrons. The van der Waals surface area contributed by atoms with Crippen LogP contribution in [0, 0.1) is 17.2 Å². The number of carbonyl (C=O) groups excluding carboxylic acids is 1. The van der Waals surface area contributed by atoms with E-state index in [0.717, 1.165) is 12.8 Å². The minimum absolute atomic E-state index is 0.287. The Morgan fingerprint density at radius 1 is 1.39 bits per heavy atom. The molecule has 1 atom stereocenters. The fourth-order valence-electron chi connectivity index (χ4n) is 1.57. The van der Waals surface area contributed by atoms with Gasteiger partial charge in [0.25, 0.3) is 0 Å². The third-order valence-corrected chi connectivity index (χ3v) is 3.44. The monoisotopic (exact) mass is 283 g/mol. The Morgan fingerprint density at radius 3 is 2.67 bits per heavy atom. The van der Waals surface area contributed by atoms with Gasteiger partial charge in [0.1, 0.15) is 6.04 Å². The van der Waals surface area contributed by atoms with Crippen molar-refractivity contribution in [1.82, 2.24) is 5.32 Å². The lowest BCUT2D eigenvalue weighted by Crippen LogP contribution is -2.38. The third kappa shape index (κ3) is 3.28. The Bertz CT molecular complexity index is 509. The number of urea groups is 1. The average Bonchev–Trinajstić information content (AvgIpc) is 3.15. The van der Waals surface area contributed by atoms with E-state index in [1.807, 2.05) is 0 Å². The molecule has 1 aromatic rings. The summed E-state index contributed by atoms with van der Waals surface area (Å²) < 4.78 is 0. The number of rotatable bonds is 3. The molecule has 1 aromatic carbocycles. The molecule has 1 aliphatic rings. The summed E-state index contributed by atoms with van der Waals surface area (Å²) in [7, 11) is 0. The van der Waals surface area contributed by atoms with Crippen molar-refractivity contribution >= 4 is 34.9 Å². The van der Waals surface area contributed by atoms with Crippen LogP contribution in [0.5, 0.6) is 0 Å². The van der Waals surface area contributed by atoms with E-state index in [1.54, 1.807) is 18.2 Å². The Morgan fingerprint density at radius 2 is 2.11 bits per heavy atom. The lowest BCUT2D eigenvalue weighted by Gasteiger charge is -2.12. The van der Waals surface area contributed by atoms with Gasteiger partial charge in [-0.05, 0) is 37.0 Å². The number of nitrogens with zero attached hydrogens (tertiary/aromatic N) is 1. The molecule has 0 aromatic heterocycles. The molecular weight excluding hydrogens is 273 g/mol. The largest absolute Gasteiger partial charge is 0.322 e. The SMILES string of the molecule is N#CC(NC(=O)Nc1ccc(Cl)c(Cl)c1)C1CC1. The molecule has 1 aliphatic carbocycles. The number of carbonyl (C=O) groups is 1. The molecule has 0 saturated heterocycles. The van der Waals surface area contributed by atoms with Crippen molar-refractivity contribution in [2.24, 2.45) is 5.92 Å². The molecule has 18 heavy (non-hydrogen) atoms. The maximum atomic E-state index is 11.7. The molecule has 1 fully saturated rings. The Hall–Kier alpha value is -1.44. The minimum atomic E-state index is -0.423. The van der Waals surface area contributed by atoms with Crippen LogP contribution in [0.2, 0.25) is 10.0 Å². The maximum Gasteiger partial charge on any atom is 0.320 e. The average molecular weight is 284 g/mol. The van der Waals surface area contributed by atoms with E-state index in [2.05, 4.69) is 16.7 Å². The van der Waals surface area contributed by atoms with Crippen molar-refractivity contribution < 1.29 is 4.79 Å². The molecule has 1 unspecified atom stereocenters. The van der Waals surface area contributed by atoms with E-state index in [0.29, 0.717) is 15.7 Å². The zero-order valence-electron chi connectivity index (χ0n) is 9.41. The zero-order valence-corrected chi connectivity index (χ0v) is 10.9. The smallest absolute Gasteiger partial charge is 0.320 e. The van der Waals surface area contributed by atoms with Crippen LogP contribution >= 0.6 is 23.2 Å². The van der Waals surface area contributed by atoms with Crippen LogP contribution in [-0.4, -0.2) is 12.1 Å². The molecule has 6 heteroatoms. The summed E-state index contributed by atoms with van der Waals surface area (Å²) in [5.41, 5.74) is 0.536. The number of nitrogens with one attached hydrogen (secondary N) is 2. The zero-order chi connectivity index (χ0) is 13.1. The van der Waals surface area contributed by atoms with Crippen LogP contribution in [0.15, 0.2) is 18.2 Å². The second-order valence-corrected chi connectivity index (χ2v) is 4.99. The van der Waals surface area contributed by atoms with E-state index in [4.69, 9.17) is 28.5 Å². The first-order chi connectivity index (χ1) is 8.60. The quantitative estimate of drug-likeness (QED) is 0.893. The molecule has 0 heterocycles. The topological polar surface area (TPSA) is 64.9 Å². The predicted octanol–water partition coefficient (Wildman–Crippen LogP) is 3.42. The van der Waals surface area contributed by atoms with E-state index in [1.165, 1.54) is 0 Å². The van der Waals surface area contributed by atoms with Gasteiger partial charge in [0.15, 0.2) is 0 Å². The highest BCUT2D eigenvalue weighted by Gasteiger charge is 2.32. The first-order valence-corrected chi connectivity index (χ1v) is 6.28. The highest BCUT2D eigenvalue weighted by atomic mass is 35.5. The molecule has 0 spiro atoms. The first kappa shape index (κ1) is 13.0. The molecule has 2 rings (SSSR count). The van der Waals surface area contributed by atoms with Crippen LogP contribution in [0.1, 0.15) is 12.8 Å². The highest BCUT2D eigenvalue weighted by Crippen LogP contribution is 2.32. The van der Waals surface area contributed by atoms with Crippen LogP contribution in [0.3, 0.4) is 0 Å². The van der Waals surface area contributed by atoms with Crippen LogP contribution in [0.4, 0.5) is 10.5 Å². The summed E-state index contributed by atoms with van der Waals surface area (Å²) in [6, 6.07) is 6.05. The lowest BCUT2D eigenvalue weighted by molar-refractivity contribution is 0.249. The highest BCUT2D eigenvalue weighted by molar-refractivity contribution is 6.42.